The normalized spacial score (nSPS) is 25.5. The topological polar surface area (TPSA) is 137 Å². The van der Waals surface area contributed by atoms with Crippen molar-refractivity contribution in [3.63, 3.8) is 0 Å². The average Bonchev–Trinajstić information content (AvgIpc) is 2.97. The maximum atomic E-state index is 13.4. The van der Waals surface area contributed by atoms with Gasteiger partial charge in [0, 0.05) is 52.4 Å². The molecule has 4 aliphatic heterocycles. The number of hydrogen-bond acceptors (Lipinski definition) is 9. The quantitative estimate of drug-likeness (QED) is 0.396. The lowest BCUT2D eigenvalue weighted by Crippen LogP contribution is -2.48. The zero-order valence-corrected chi connectivity index (χ0v) is 23.1. The summed E-state index contributed by atoms with van der Waals surface area (Å²) in [5.41, 5.74) is 0.0947. The van der Waals surface area contributed by atoms with Crippen LogP contribution in [-0.2, 0) is 19.1 Å². The zero-order chi connectivity index (χ0) is 28.2. The van der Waals surface area contributed by atoms with Crippen molar-refractivity contribution in [2.45, 2.75) is 12.8 Å². The highest BCUT2D eigenvalue weighted by Gasteiger charge is 2.25. The summed E-state index contributed by atoms with van der Waals surface area (Å²) in [4.78, 5) is 64.2. The van der Waals surface area contributed by atoms with Crippen LogP contribution in [-0.4, -0.2) is 153 Å². The van der Waals surface area contributed by atoms with Crippen molar-refractivity contribution in [3.05, 3.63) is 29.6 Å². The standard InChI is InChI=1S/C27H41N7O6/c35-24-20-33-14-16-39-18-19-40-17-15-34(27(38)23-5-1-4-22(30-23)26(33)37)21-25(36)29-7-3-9-32-12-10-31(11-13-32)8-2-6-28-24/h1,4-5H,2-3,6-21H2,(H,28,35)(H,29,36). The van der Waals surface area contributed by atoms with Crippen LogP contribution in [0.25, 0.3) is 0 Å². The molecule has 13 heteroatoms. The van der Waals surface area contributed by atoms with Crippen LogP contribution in [0.5, 0.6) is 0 Å². The van der Waals surface area contributed by atoms with E-state index < -0.39 is 11.8 Å². The lowest BCUT2D eigenvalue weighted by molar-refractivity contribution is -0.122. The smallest absolute Gasteiger partial charge is 0.273 e. The van der Waals surface area contributed by atoms with Crippen LogP contribution in [0, 0.1) is 0 Å². The van der Waals surface area contributed by atoms with Crippen molar-refractivity contribution in [3.8, 4) is 0 Å². The Hall–Kier alpha value is -3.13. The molecule has 6 bridgehead atoms. The Morgan fingerprint density at radius 3 is 1.50 bits per heavy atom. The first-order valence-corrected chi connectivity index (χ1v) is 14.2. The lowest BCUT2D eigenvalue weighted by atomic mass is 10.2. The molecule has 0 aromatic carbocycles. The fraction of sp³-hybridized carbons (Fsp3) is 0.667. The molecule has 1 fully saturated rings. The Morgan fingerprint density at radius 1 is 0.600 bits per heavy atom. The fourth-order valence-electron chi connectivity index (χ4n) is 4.93. The molecule has 0 unspecified atom stereocenters. The number of aromatic nitrogens is 1. The third-order valence-electron chi connectivity index (χ3n) is 7.23. The van der Waals surface area contributed by atoms with Crippen molar-refractivity contribution in [2.24, 2.45) is 0 Å². The largest absolute Gasteiger partial charge is 0.377 e. The molecule has 2 N–H and O–H groups in total. The Kier molecular flexibility index (Phi) is 11.6. The van der Waals surface area contributed by atoms with Gasteiger partial charge in [-0.15, -0.1) is 0 Å². The average molecular weight is 560 g/mol. The molecular formula is C27H41N7O6. The predicted molar refractivity (Wildman–Crippen MR) is 146 cm³/mol. The summed E-state index contributed by atoms with van der Waals surface area (Å²) < 4.78 is 11.3. The third kappa shape index (κ3) is 9.22. The second-order valence-electron chi connectivity index (χ2n) is 10.2. The summed E-state index contributed by atoms with van der Waals surface area (Å²) in [6.45, 7) is 7.79. The van der Waals surface area contributed by atoms with Crippen LogP contribution in [0.2, 0.25) is 0 Å². The number of ether oxygens (including phenoxy) is 2. The maximum absolute atomic E-state index is 13.4. The van der Waals surface area contributed by atoms with E-state index in [9.17, 15) is 19.2 Å². The second-order valence-corrected chi connectivity index (χ2v) is 10.2. The van der Waals surface area contributed by atoms with Crippen molar-refractivity contribution < 1.29 is 28.7 Å². The molecule has 0 spiro atoms. The van der Waals surface area contributed by atoms with E-state index >= 15 is 0 Å². The van der Waals surface area contributed by atoms with Gasteiger partial charge in [0.15, 0.2) is 0 Å². The van der Waals surface area contributed by atoms with Crippen molar-refractivity contribution >= 4 is 23.6 Å². The molecule has 1 saturated heterocycles. The lowest BCUT2D eigenvalue weighted by Gasteiger charge is -2.34. The summed E-state index contributed by atoms with van der Waals surface area (Å²) >= 11 is 0. The molecule has 0 aliphatic carbocycles. The van der Waals surface area contributed by atoms with Gasteiger partial charge in [0.05, 0.1) is 39.5 Å². The minimum atomic E-state index is -0.472. The second kappa shape index (κ2) is 15.6. The number of pyridine rings is 1. The summed E-state index contributed by atoms with van der Waals surface area (Å²) in [6, 6.07) is 4.61. The van der Waals surface area contributed by atoms with Gasteiger partial charge in [0.2, 0.25) is 11.8 Å². The summed E-state index contributed by atoms with van der Waals surface area (Å²) in [5.74, 6) is -1.47. The van der Waals surface area contributed by atoms with Gasteiger partial charge in [0.1, 0.15) is 11.4 Å². The van der Waals surface area contributed by atoms with E-state index in [1.54, 1.807) is 6.07 Å². The molecule has 1 aromatic rings. The Morgan fingerprint density at radius 2 is 1.05 bits per heavy atom. The summed E-state index contributed by atoms with van der Waals surface area (Å²) in [7, 11) is 0. The minimum absolute atomic E-state index is 0.0474. The molecular weight excluding hydrogens is 518 g/mol. The van der Waals surface area contributed by atoms with Crippen LogP contribution in [0.1, 0.15) is 33.8 Å². The molecule has 13 nitrogen and oxygen atoms in total. The maximum Gasteiger partial charge on any atom is 0.273 e. The summed E-state index contributed by atoms with van der Waals surface area (Å²) in [6.07, 6.45) is 1.63. The Labute approximate surface area is 235 Å². The van der Waals surface area contributed by atoms with Crippen LogP contribution < -0.4 is 10.6 Å². The van der Waals surface area contributed by atoms with E-state index in [1.807, 2.05) is 0 Å². The molecule has 40 heavy (non-hydrogen) atoms. The number of amides is 4. The zero-order valence-electron chi connectivity index (χ0n) is 23.1. The monoisotopic (exact) mass is 559 g/mol. The number of piperazine rings is 1. The van der Waals surface area contributed by atoms with Crippen LogP contribution >= 0.6 is 0 Å². The van der Waals surface area contributed by atoms with Gasteiger partial charge in [-0.05, 0) is 38.1 Å². The van der Waals surface area contributed by atoms with Gasteiger partial charge in [-0.2, -0.15) is 0 Å². The molecule has 1 aromatic heterocycles. The van der Waals surface area contributed by atoms with Gasteiger partial charge in [-0.25, -0.2) is 4.98 Å². The number of carbonyl (C=O) groups excluding carboxylic acids is 4. The van der Waals surface area contributed by atoms with E-state index in [-0.39, 0.29) is 62.6 Å². The molecule has 4 amide bonds. The first-order valence-electron chi connectivity index (χ1n) is 14.2. The molecule has 220 valence electrons. The highest BCUT2D eigenvalue weighted by atomic mass is 16.5. The van der Waals surface area contributed by atoms with Crippen LogP contribution in [0.15, 0.2) is 18.2 Å². The van der Waals surface area contributed by atoms with Gasteiger partial charge in [-0.1, -0.05) is 6.07 Å². The van der Waals surface area contributed by atoms with Gasteiger partial charge >= 0.3 is 0 Å². The predicted octanol–water partition coefficient (Wildman–Crippen LogP) is -1.34. The number of nitrogens with one attached hydrogen (secondary N) is 2. The number of carbonyl (C=O) groups is 4. The molecule has 0 atom stereocenters. The van der Waals surface area contributed by atoms with Crippen molar-refractivity contribution in [1.29, 1.82) is 0 Å². The van der Waals surface area contributed by atoms with E-state index in [2.05, 4.69) is 25.4 Å². The van der Waals surface area contributed by atoms with Crippen LogP contribution in [0.3, 0.4) is 0 Å². The van der Waals surface area contributed by atoms with Gasteiger partial charge in [-0.3, -0.25) is 19.2 Å². The van der Waals surface area contributed by atoms with Crippen LogP contribution in [0.4, 0.5) is 0 Å². The Balaban J connectivity index is 1.54. The van der Waals surface area contributed by atoms with Gasteiger partial charge < -0.3 is 39.7 Å². The van der Waals surface area contributed by atoms with E-state index in [1.165, 1.54) is 21.9 Å². The van der Waals surface area contributed by atoms with E-state index in [0.29, 0.717) is 26.3 Å². The minimum Gasteiger partial charge on any atom is -0.377 e. The number of hydrogen-bond donors (Lipinski definition) is 2. The molecule has 0 saturated carbocycles. The first kappa shape index (κ1) is 29.8. The van der Waals surface area contributed by atoms with Crippen molar-refractivity contribution in [2.75, 3.05) is 105 Å². The SMILES string of the molecule is O=C1CN2CCOCCOCCN(CC(=O)NCCCN3CCN(CCCN1)CC3)C(=O)c1cccc(n1)C2=O. The molecule has 0 radical (unpaired) electrons. The third-order valence-corrected chi connectivity index (χ3v) is 7.23. The fourth-order valence-corrected chi connectivity index (χ4v) is 4.93. The number of nitrogens with zero attached hydrogens (tertiary/aromatic N) is 5. The Bertz CT molecular complexity index is 942. The highest BCUT2D eigenvalue weighted by Crippen LogP contribution is 2.09. The molecule has 5 rings (SSSR count). The first-order chi connectivity index (χ1) is 19.5. The molecule has 5 heterocycles. The number of rotatable bonds is 0. The number of fused-ring (bicyclic) bond motifs is 12. The summed E-state index contributed by atoms with van der Waals surface area (Å²) in [5, 5.41) is 5.85. The van der Waals surface area contributed by atoms with Crippen molar-refractivity contribution in [1.82, 2.24) is 35.2 Å². The van der Waals surface area contributed by atoms with E-state index in [4.69, 9.17) is 9.47 Å². The van der Waals surface area contributed by atoms with E-state index in [0.717, 1.165) is 52.1 Å². The highest BCUT2D eigenvalue weighted by molar-refractivity contribution is 5.98. The van der Waals surface area contributed by atoms with Gasteiger partial charge in [0.25, 0.3) is 11.8 Å². The molecule has 4 aliphatic rings.